The smallest absolute Gasteiger partial charge is 0.161 e. The summed E-state index contributed by atoms with van der Waals surface area (Å²) in [7, 11) is 0. The Morgan fingerprint density at radius 3 is 3.08 bits per heavy atom. The van der Waals surface area contributed by atoms with Crippen LogP contribution in [-0.4, -0.2) is 11.3 Å². The number of rotatable bonds is 1. The molecular formula is C8H4ClNOS. The van der Waals surface area contributed by atoms with Gasteiger partial charge in [-0.1, -0.05) is 11.6 Å². The zero-order valence-corrected chi connectivity index (χ0v) is 7.52. The van der Waals surface area contributed by atoms with Crippen LogP contribution in [0.4, 0.5) is 0 Å². The van der Waals surface area contributed by atoms with Crippen molar-refractivity contribution < 1.29 is 4.79 Å². The van der Waals surface area contributed by atoms with E-state index in [2.05, 4.69) is 4.98 Å². The van der Waals surface area contributed by atoms with Crippen molar-refractivity contribution in [2.24, 2.45) is 0 Å². The van der Waals surface area contributed by atoms with Crippen LogP contribution in [-0.2, 0) is 0 Å². The molecule has 0 aliphatic heterocycles. The van der Waals surface area contributed by atoms with Crippen LogP contribution < -0.4 is 0 Å². The highest BCUT2D eigenvalue weighted by Gasteiger charge is 2.08. The molecule has 2 nitrogen and oxygen atoms in total. The van der Waals surface area contributed by atoms with Crippen molar-refractivity contribution >= 4 is 39.4 Å². The van der Waals surface area contributed by atoms with E-state index in [1.54, 1.807) is 6.20 Å². The monoisotopic (exact) mass is 197 g/mol. The van der Waals surface area contributed by atoms with E-state index in [1.807, 2.05) is 12.1 Å². The molecule has 60 valence electrons. The number of halogens is 1. The highest BCUT2D eigenvalue weighted by molar-refractivity contribution is 7.21. The van der Waals surface area contributed by atoms with Crippen molar-refractivity contribution in [3.8, 4) is 0 Å². The third-order valence-electron chi connectivity index (χ3n) is 1.52. The van der Waals surface area contributed by atoms with Crippen LogP contribution >= 0.6 is 22.9 Å². The third kappa shape index (κ3) is 1.02. The Labute approximate surface area is 77.8 Å². The Balaban J connectivity index is 2.87. The van der Waals surface area contributed by atoms with E-state index >= 15 is 0 Å². The Hall–Kier alpha value is -0.930. The molecule has 2 aromatic heterocycles. The van der Waals surface area contributed by atoms with Crippen molar-refractivity contribution in [1.82, 2.24) is 4.98 Å². The van der Waals surface area contributed by atoms with Gasteiger partial charge in [-0.05, 0) is 12.1 Å². The number of pyridine rings is 1. The number of thiophene rings is 1. The fourth-order valence-corrected chi connectivity index (χ4v) is 2.23. The second-order valence-corrected chi connectivity index (χ2v) is 3.71. The molecule has 0 saturated carbocycles. The summed E-state index contributed by atoms with van der Waals surface area (Å²) < 4.78 is 0.949. The molecular weight excluding hydrogens is 194 g/mol. The maximum Gasteiger partial charge on any atom is 0.161 e. The van der Waals surface area contributed by atoms with Crippen LogP contribution in [0, 0.1) is 0 Å². The summed E-state index contributed by atoms with van der Waals surface area (Å²) in [6.07, 6.45) is 2.42. The Morgan fingerprint density at radius 1 is 1.58 bits per heavy atom. The fourth-order valence-electron chi connectivity index (χ4n) is 0.994. The molecule has 0 N–H and O–H groups in total. The van der Waals surface area contributed by atoms with Gasteiger partial charge in [0.15, 0.2) is 6.29 Å². The van der Waals surface area contributed by atoms with Crippen LogP contribution in [0.2, 0.25) is 5.02 Å². The molecule has 2 rings (SSSR count). The summed E-state index contributed by atoms with van der Waals surface area (Å²) in [6, 6.07) is 3.72. The number of carbonyl (C=O) groups is 1. The van der Waals surface area contributed by atoms with Gasteiger partial charge in [0, 0.05) is 6.20 Å². The van der Waals surface area contributed by atoms with Gasteiger partial charge in [0.05, 0.1) is 14.6 Å². The fraction of sp³-hybridized carbons (Fsp3) is 0. The lowest BCUT2D eigenvalue weighted by Crippen LogP contribution is -1.72. The highest BCUT2D eigenvalue weighted by Crippen LogP contribution is 2.31. The number of aldehydes is 1. The standard InChI is InChI=1S/C8H4ClNOS/c9-7-6(4-11)12-5-2-1-3-10-8(5)7/h1-4H. The molecule has 0 radical (unpaired) electrons. The maximum atomic E-state index is 10.5. The molecule has 2 aromatic rings. The Morgan fingerprint density at radius 2 is 2.42 bits per heavy atom. The molecule has 0 atom stereocenters. The van der Waals surface area contributed by atoms with Crippen molar-refractivity contribution in [3.63, 3.8) is 0 Å². The molecule has 0 unspecified atom stereocenters. The van der Waals surface area contributed by atoms with Crippen LogP contribution in [0.15, 0.2) is 18.3 Å². The lowest BCUT2D eigenvalue weighted by atomic mass is 10.4. The van der Waals surface area contributed by atoms with E-state index in [-0.39, 0.29) is 0 Å². The number of aromatic nitrogens is 1. The second-order valence-electron chi connectivity index (χ2n) is 2.25. The molecule has 0 amide bonds. The van der Waals surface area contributed by atoms with Crippen LogP contribution in [0.5, 0.6) is 0 Å². The molecule has 0 spiro atoms. The van der Waals surface area contributed by atoms with Gasteiger partial charge in [0.25, 0.3) is 0 Å². The van der Waals surface area contributed by atoms with Crippen molar-refractivity contribution in [1.29, 1.82) is 0 Å². The first-order valence-electron chi connectivity index (χ1n) is 3.31. The molecule has 0 aliphatic rings. The first-order chi connectivity index (χ1) is 5.83. The van der Waals surface area contributed by atoms with Gasteiger partial charge in [-0.2, -0.15) is 0 Å². The second kappa shape index (κ2) is 2.84. The van der Waals surface area contributed by atoms with Gasteiger partial charge in [-0.25, -0.2) is 0 Å². The van der Waals surface area contributed by atoms with Crippen molar-refractivity contribution in [2.75, 3.05) is 0 Å². The summed E-state index contributed by atoms with van der Waals surface area (Å²) in [5.41, 5.74) is 0.714. The van der Waals surface area contributed by atoms with E-state index in [1.165, 1.54) is 11.3 Å². The quantitative estimate of drug-likeness (QED) is 0.658. The Bertz CT molecular complexity index is 438. The van der Waals surface area contributed by atoms with E-state index in [4.69, 9.17) is 11.6 Å². The minimum atomic E-state index is 0.464. The highest BCUT2D eigenvalue weighted by atomic mass is 35.5. The lowest BCUT2D eigenvalue weighted by molar-refractivity contribution is 0.112. The summed E-state index contributed by atoms with van der Waals surface area (Å²) in [4.78, 5) is 15.1. The minimum Gasteiger partial charge on any atom is -0.297 e. The first kappa shape index (κ1) is 7.71. The molecule has 0 bridgehead atoms. The van der Waals surface area contributed by atoms with Crippen LogP contribution in [0.25, 0.3) is 10.2 Å². The van der Waals surface area contributed by atoms with Crippen molar-refractivity contribution in [2.45, 2.75) is 0 Å². The summed E-state index contributed by atoms with van der Waals surface area (Å²) in [5, 5.41) is 0.464. The topological polar surface area (TPSA) is 30.0 Å². The van der Waals surface area contributed by atoms with Gasteiger partial charge >= 0.3 is 0 Å². The molecule has 2 heterocycles. The molecule has 0 aromatic carbocycles. The van der Waals surface area contributed by atoms with Gasteiger partial charge in [0.1, 0.15) is 5.52 Å². The zero-order chi connectivity index (χ0) is 8.55. The van der Waals surface area contributed by atoms with Gasteiger partial charge in [-0.15, -0.1) is 11.3 Å². The number of fused-ring (bicyclic) bond motifs is 1. The van der Waals surface area contributed by atoms with Crippen molar-refractivity contribution in [3.05, 3.63) is 28.2 Å². The normalized spacial score (nSPS) is 10.4. The third-order valence-corrected chi connectivity index (χ3v) is 3.09. The van der Waals surface area contributed by atoms with Gasteiger partial charge < -0.3 is 0 Å². The summed E-state index contributed by atoms with van der Waals surface area (Å²) >= 11 is 7.24. The van der Waals surface area contributed by atoms with Gasteiger partial charge in [-0.3, -0.25) is 9.78 Å². The number of carbonyl (C=O) groups excluding carboxylic acids is 1. The predicted octanol–water partition coefficient (Wildman–Crippen LogP) is 2.76. The van der Waals surface area contributed by atoms with E-state index < -0.39 is 0 Å². The summed E-state index contributed by atoms with van der Waals surface area (Å²) in [6.45, 7) is 0. The van der Waals surface area contributed by atoms with E-state index in [0.717, 1.165) is 11.0 Å². The predicted molar refractivity (Wildman–Crippen MR) is 50.0 cm³/mol. The van der Waals surface area contributed by atoms with Crippen LogP contribution in [0.3, 0.4) is 0 Å². The molecule has 0 fully saturated rings. The molecule has 12 heavy (non-hydrogen) atoms. The van der Waals surface area contributed by atoms with Gasteiger partial charge in [0.2, 0.25) is 0 Å². The van der Waals surface area contributed by atoms with E-state index in [9.17, 15) is 4.79 Å². The maximum absolute atomic E-state index is 10.5. The van der Waals surface area contributed by atoms with E-state index in [0.29, 0.717) is 15.4 Å². The zero-order valence-electron chi connectivity index (χ0n) is 5.95. The molecule has 0 saturated heterocycles. The molecule has 4 heteroatoms. The average molecular weight is 198 g/mol. The largest absolute Gasteiger partial charge is 0.297 e. The number of hydrogen-bond acceptors (Lipinski definition) is 3. The number of nitrogens with zero attached hydrogens (tertiary/aromatic N) is 1. The lowest BCUT2D eigenvalue weighted by Gasteiger charge is -1.85. The first-order valence-corrected chi connectivity index (χ1v) is 4.50. The summed E-state index contributed by atoms with van der Waals surface area (Å²) in [5.74, 6) is 0. The van der Waals surface area contributed by atoms with Crippen LogP contribution in [0.1, 0.15) is 9.67 Å². The average Bonchev–Trinajstić information content (AvgIpc) is 2.44. The minimum absolute atomic E-state index is 0.464. The number of hydrogen-bond donors (Lipinski definition) is 0. The SMILES string of the molecule is O=Cc1sc2cccnc2c1Cl. The Kier molecular flexibility index (Phi) is 1.83. The molecule has 0 aliphatic carbocycles.